The molecule has 0 aromatic heterocycles. The van der Waals surface area contributed by atoms with Crippen LogP contribution in [0.25, 0.3) is 6.08 Å². The fourth-order valence-electron chi connectivity index (χ4n) is 2.91. The molecule has 2 saturated heterocycles. The van der Waals surface area contributed by atoms with Crippen LogP contribution in [0.5, 0.6) is 0 Å². The maximum Gasteiger partial charge on any atom is 0.266 e. The summed E-state index contributed by atoms with van der Waals surface area (Å²) in [5, 5.41) is 0. The SMILES string of the molecule is C[NH+]1CCN(C(=O)CCN2C(=O)C(=Cc3ccc(F)cc3)SC2=S)CC1. The Morgan fingerprint density at radius 2 is 1.96 bits per heavy atom. The minimum atomic E-state index is -0.321. The first-order valence-corrected chi connectivity index (χ1v) is 9.76. The normalized spacial score (nSPS) is 20.3. The monoisotopic (exact) mass is 394 g/mol. The molecule has 0 saturated carbocycles. The average molecular weight is 395 g/mol. The number of rotatable bonds is 4. The van der Waals surface area contributed by atoms with Crippen molar-refractivity contribution >= 4 is 46.2 Å². The maximum absolute atomic E-state index is 13.0. The molecule has 0 spiro atoms. The summed E-state index contributed by atoms with van der Waals surface area (Å²) < 4.78 is 13.5. The van der Waals surface area contributed by atoms with Gasteiger partial charge in [0.15, 0.2) is 0 Å². The summed E-state index contributed by atoms with van der Waals surface area (Å²) in [6.45, 7) is 3.71. The highest BCUT2D eigenvalue weighted by atomic mass is 32.2. The molecule has 0 atom stereocenters. The van der Waals surface area contributed by atoms with E-state index < -0.39 is 0 Å². The van der Waals surface area contributed by atoms with Crippen LogP contribution in [0.15, 0.2) is 29.2 Å². The summed E-state index contributed by atoms with van der Waals surface area (Å²) in [5.41, 5.74) is 0.739. The summed E-state index contributed by atoms with van der Waals surface area (Å²) >= 11 is 6.51. The molecule has 1 N–H and O–H groups in total. The molecule has 0 radical (unpaired) electrons. The fourth-order valence-corrected chi connectivity index (χ4v) is 4.22. The number of benzene rings is 1. The van der Waals surface area contributed by atoms with Crippen LogP contribution in [-0.2, 0) is 9.59 Å². The Kier molecular flexibility index (Phi) is 6.05. The van der Waals surface area contributed by atoms with Gasteiger partial charge in [0.2, 0.25) is 5.91 Å². The van der Waals surface area contributed by atoms with Crippen LogP contribution < -0.4 is 4.90 Å². The van der Waals surface area contributed by atoms with Gasteiger partial charge in [-0.25, -0.2) is 4.39 Å². The second-order valence-electron chi connectivity index (χ2n) is 6.47. The molecule has 2 fully saturated rings. The minimum Gasteiger partial charge on any atom is -0.334 e. The predicted molar refractivity (Wildman–Crippen MR) is 104 cm³/mol. The number of quaternary nitrogens is 1. The highest BCUT2D eigenvalue weighted by Crippen LogP contribution is 2.32. The first-order chi connectivity index (χ1) is 12.4. The largest absolute Gasteiger partial charge is 0.334 e. The van der Waals surface area contributed by atoms with Gasteiger partial charge in [0.25, 0.3) is 5.91 Å². The lowest BCUT2D eigenvalue weighted by Gasteiger charge is -2.30. The maximum atomic E-state index is 13.0. The van der Waals surface area contributed by atoms with E-state index in [1.807, 2.05) is 4.90 Å². The van der Waals surface area contributed by atoms with Gasteiger partial charge in [0.05, 0.1) is 38.1 Å². The Balaban J connectivity index is 1.59. The van der Waals surface area contributed by atoms with Crippen LogP contribution in [-0.4, -0.2) is 65.7 Å². The van der Waals surface area contributed by atoms with Crippen LogP contribution >= 0.6 is 24.0 Å². The van der Waals surface area contributed by atoms with Crippen molar-refractivity contribution in [3.05, 3.63) is 40.6 Å². The Morgan fingerprint density at radius 3 is 2.62 bits per heavy atom. The number of thiocarbonyl (C=S) groups is 1. The van der Waals surface area contributed by atoms with Crippen molar-refractivity contribution < 1.29 is 18.9 Å². The first kappa shape index (κ1) is 19.0. The number of amides is 2. The van der Waals surface area contributed by atoms with Crippen LogP contribution in [0.2, 0.25) is 0 Å². The molecule has 1 aromatic rings. The van der Waals surface area contributed by atoms with E-state index in [1.54, 1.807) is 18.2 Å². The Hall–Kier alpha value is -1.77. The molecule has 8 heteroatoms. The minimum absolute atomic E-state index is 0.0639. The number of hydrogen-bond donors (Lipinski definition) is 1. The predicted octanol–water partition coefficient (Wildman–Crippen LogP) is 0.774. The Bertz CT molecular complexity index is 743. The standard InChI is InChI=1S/C18H20FN3O2S2/c1-20-8-10-21(11-9-20)16(23)6-7-22-17(24)15(26-18(22)25)12-13-2-4-14(19)5-3-13/h2-5,12H,6-11H2,1H3/p+1. The number of thioether (sulfide) groups is 1. The van der Waals surface area contributed by atoms with Crippen molar-refractivity contribution in [2.24, 2.45) is 0 Å². The van der Waals surface area contributed by atoms with Crippen LogP contribution in [0.4, 0.5) is 4.39 Å². The highest BCUT2D eigenvalue weighted by Gasteiger charge is 2.32. The van der Waals surface area contributed by atoms with E-state index in [0.29, 0.717) is 15.8 Å². The summed E-state index contributed by atoms with van der Waals surface area (Å²) in [4.78, 5) is 30.2. The lowest BCUT2D eigenvalue weighted by atomic mass is 10.2. The third-order valence-corrected chi connectivity index (χ3v) is 5.94. The summed E-state index contributed by atoms with van der Waals surface area (Å²) in [5.74, 6) is -0.451. The Labute approximate surface area is 161 Å². The van der Waals surface area contributed by atoms with Crippen molar-refractivity contribution in [1.29, 1.82) is 0 Å². The van der Waals surface area contributed by atoms with Crippen molar-refractivity contribution in [2.45, 2.75) is 6.42 Å². The zero-order valence-corrected chi connectivity index (χ0v) is 16.2. The summed E-state index contributed by atoms with van der Waals surface area (Å²) in [7, 11) is 2.12. The van der Waals surface area contributed by atoms with Gasteiger partial charge in [-0.05, 0) is 23.8 Å². The summed E-state index contributed by atoms with van der Waals surface area (Å²) in [6.07, 6.45) is 1.97. The van der Waals surface area contributed by atoms with E-state index in [2.05, 4.69) is 7.05 Å². The van der Waals surface area contributed by atoms with Gasteiger partial charge in [0, 0.05) is 13.0 Å². The van der Waals surface area contributed by atoms with E-state index >= 15 is 0 Å². The molecule has 2 amide bonds. The van der Waals surface area contributed by atoms with Crippen LogP contribution in [0.1, 0.15) is 12.0 Å². The van der Waals surface area contributed by atoms with Gasteiger partial charge in [-0.15, -0.1) is 0 Å². The molecule has 1 aromatic carbocycles. The smallest absolute Gasteiger partial charge is 0.266 e. The molecule has 5 nitrogen and oxygen atoms in total. The average Bonchev–Trinajstić information content (AvgIpc) is 2.89. The van der Waals surface area contributed by atoms with Crippen molar-refractivity contribution in [3.63, 3.8) is 0 Å². The van der Waals surface area contributed by atoms with E-state index in [4.69, 9.17) is 12.2 Å². The second-order valence-corrected chi connectivity index (χ2v) is 8.15. The van der Waals surface area contributed by atoms with Gasteiger partial charge < -0.3 is 9.80 Å². The molecule has 3 rings (SSSR count). The van der Waals surface area contributed by atoms with Gasteiger partial charge in [0.1, 0.15) is 10.1 Å². The van der Waals surface area contributed by atoms with E-state index in [-0.39, 0.29) is 24.1 Å². The lowest BCUT2D eigenvalue weighted by molar-refractivity contribution is -0.883. The molecule has 2 aliphatic rings. The molecule has 0 bridgehead atoms. The van der Waals surface area contributed by atoms with E-state index in [1.165, 1.54) is 33.7 Å². The molecular weight excluding hydrogens is 373 g/mol. The quantitative estimate of drug-likeness (QED) is 0.606. The van der Waals surface area contributed by atoms with Gasteiger partial charge in [-0.2, -0.15) is 0 Å². The molecule has 0 aliphatic carbocycles. The summed E-state index contributed by atoms with van der Waals surface area (Å²) in [6, 6.07) is 5.92. The number of carbonyl (C=O) groups is 2. The first-order valence-electron chi connectivity index (χ1n) is 8.54. The Morgan fingerprint density at radius 1 is 1.31 bits per heavy atom. The lowest BCUT2D eigenvalue weighted by Crippen LogP contribution is -3.12. The van der Waals surface area contributed by atoms with E-state index in [9.17, 15) is 14.0 Å². The highest BCUT2D eigenvalue weighted by molar-refractivity contribution is 8.26. The number of likely N-dealkylation sites (N-methyl/N-ethyl adjacent to an activating group) is 1. The third kappa shape index (κ3) is 4.49. The molecule has 26 heavy (non-hydrogen) atoms. The topological polar surface area (TPSA) is 45.1 Å². The number of carbonyl (C=O) groups excluding carboxylic acids is 2. The van der Waals surface area contributed by atoms with Crippen molar-refractivity contribution in [2.75, 3.05) is 39.8 Å². The van der Waals surface area contributed by atoms with Crippen LogP contribution in [0, 0.1) is 5.82 Å². The second kappa shape index (κ2) is 8.28. The fraction of sp³-hybridized carbons (Fsp3) is 0.389. The van der Waals surface area contributed by atoms with E-state index in [0.717, 1.165) is 31.7 Å². The number of piperazine rings is 1. The molecule has 0 unspecified atom stereocenters. The number of nitrogens with one attached hydrogen (secondary N) is 1. The number of halogens is 1. The number of nitrogens with zero attached hydrogens (tertiary/aromatic N) is 2. The zero-order valence-electron chi connectivity index (χ0n) is 14.5. The van der Waals surface area contributed by atoms with Gasteiger partial charge in [-0.3, -0.25) is 14.5 Å². The van der Waals surface area contributed by atoms with Gasteiger partial charge in [-0.1, -0.05) is 36.1 Å². The van der Waals surface area contributed by atoms with Gasteiger partial charge >= 0.3 is 0 Å². The molecule has 138 valence electrons. The number of hydrogen-bond acceptors (Lipinski definition) is 4. The molecule has 2 heterocycles. The third-order valence-electron chi connectivity index (χ3n) is 4.56. The van der Waals surface area contributed by atoms with Crippen molar-refractivity contribution in [1.82, 2.24) is 9.80 Å². The molecule has 2 aliphatic heterocycles. The zero-order chi connectivity index (χ0) is 18.7. The van der Waals surface area contributed by atoms with Crippen molar-refractivity contribution in [3.8, 4) is 0 Å². The molecular formula is C18H21FN3O2S2+. The van der Waals surface area contributed by atoms with Crippen LogP contribution in [0.3, 0.4) is 0 Å².